The van der Waals surface area contributed by atoms with E-state index in [1.807, 2.05) is 18.2 Å². The summed E-state index contributed by atoms with van der Waals surface area (Å²) in [6.07, 6.45) is 0. The molecular formula is C18H14FN5O2S. The third-order valence-electron chi connectivity index (χ3n) is 3.88. The maximum Gasteiger partial charge on any atom is 0.234 e. The van der Waals surface area contributed by atoms with Crippen LogP contribution in [-0.2, 0) is 4.79 Å². The van der Waals surface area contributed by atoms with Crippen LogP contribution in [0.25, 0.3) is 22.1 Å². The number of benzene rings is 2. The monoisotopic (exact) mass is 383 g/mol. The van der Waals surface area contributed by atoms with Crippen molar-refractivity contribution in [2.75, 3.05) is 18.2 Å². The first-order valence-electron chi connectivity index (χ1n) is 8.01. The summed E-state index contributed by atoms with van der Waals surface area (Å²) in [6, 6.07) is 11.6. The number of aromatic nitrogens is 4. The van der Waals surface area contributed by atoms with Gasteiger partial charge in [0.25, 0.3) is 0 Å². The molecule has 0 atom stereocenters. The second-order valence-corrected chi connectivity index (χ2v) is 6.59. The quantitative estimate of drug-likeness (QED) is 0.513. The molecule has 4 rings (SSSR count). The van der Waals surface area contributed by atoms with Crippen LogP contribution >= 0.6 is 11.8 Å². The number of anilines is 1. The molecule has 4 aromatic rings. The Bertz CT molecular complexity index is 1150. The number of fused-ring (bicyclic) bond motifs is 3. The number of ether oxygens (including phenoxy) is 1. The van der Waals surface area contributed by atoms with Crippen molar-refractivity contribution >= 4 is 45.4 Å². The first-order valence-corrected chi connectivity index (χ1v) is 9.00. The van der Waals surface area contributed by atoms with Crippen LogP contribution in [0, 0.1) is 5.82 Å². The molecular weight excluding hydrogens is 369 g/mol. The van der Waals surface area contributed by atoms with Gasteiger partial charge in [-0.25, -0.2) is 9.37 Å². The summed E-state index contributed by atoms with van der Waals surface area (Å²) < 4.78 is 18.8. The lowest BCUT2D eigenvalue weighted by Gasteiger charge is -2.05. The highest BCUT2D eigenvalue weighted by Crippen LogP contribution is 2.27. The molecule has 2 heterocycles. The van der Waals surface area contributed by atoms with E-state index in [2.05, 4.69) is 25.5 Å². The first-order chi connectivity index (χ1) is 13.1. The highest BCUT2D eigenvalue weighted by Gasteiger charge is 2.12. The van der Waals surface area contributed by atoms with Crippen LogP contribution in [0.2, 0.25) is 0 Å². The minimum Gasteiger partial charge on any atom is -0.497 e. The Balaban J connectivity index is 1.50. The minimum absolute atomic E-state index is 0.0373. The lowest BCUT2D eigenvalue weighted by molar-refractivity contribution is -0.113. The Morgan fingerprint density at radius 1 is 1.26 bits per heavy atom. The van der Waals surface area contributed by atoms with Crippen LogP contribution in [0.4, 0.5) is 10.1 Å². The molecule has 136 valence electrons. The molecule has 0 aliphatic carbocycles. The molecule has 2 aromatic carbocycles. The number of nitrogens with zero attached hydrogens (tertiary/aromatic N) is 3. The van der Waals surface area contributed by atoms with Gasteiger partial charge in [0.05, 0.1) is 18.6 Å². The molecule has 9 heteroatoms. The topological polar surface area (TPSA) is 92.8 Å². The van der Waals surface area contributed by atoms with Gasteiger partial charge in [-0.2, -0.15) is 0 Å². The first kappa shape index (κ1) is 17.2. The second-order valence-electron chi connectivity index (χ2n) is 5.64. The van der Waals surface area contributed by atoms with Crippen LogP contribution in [0.3, 0.4) is 0 Å². The molecule has 2 aromatic heterocycles. The molecule has 0 aliphatic heterocycles. The van der Waals surface area contributed by atoms with Crippen molar-refractivity contribution in [3.63, 3.8) is 0 Å². The van der Waals surface area contributed by atoms with E-state index in [-0.39, 0.29) is 17.3 Å². The fourth-order valence-electron chi connectivity index (χ4n) is 2.60. The SMILES string of the molecule is COc1ccc2[nH]c3nc(SCC(=O)Nc4ccccc4F)nnc3c2c1. The van der Waals surface area contributed by atoms with E-state index in [0.717, 1.165) is 22.7 Å². The Hall–Kier alpha value is -3.20. The van der Waals surface area contributed by atoms with Gasteiger partial charge in [-0.3, -0.25) is 4.79 Å². The van der Waals surface area contributed by atoms with Crippen molar-refractivity contribution in [1.29, 1.82) is 0 Å². The molecule has 2 N–H and O–H groups in total. The average molecular weight is 383 g/mol. The van der Waals surface area contributed by atoms with Gasteiger partial charge in [0.2, 0.25) is 11.1 Å². The van der Waals surface area contributed by atoms with E-state index in [1.165, 1.54) is 12.1 Å². The number of thioether (sulfide) groups is 1. The molecule has 0 radical (unpaired) electrons. The summed E-state index contributed by atoms with van der Waals surface area (Å²) in [5.74, 6) is -0.0809. The molecule has 0 spiro atoms. The van der Waals surface area contributed by atoms with E-state index in [0.29, 0.717) is 22.1 Å². The highest BCUT2D eigenvalue weighted by molar-refractivity contribution is 7.99. The van der Waals surface area contributed by atoms with Crippen LogP contribution in [-0.4, -0.2) is 38.9 Å². The maximum absolute atomic E-state index is 13.6. The molecule has 27 heavy (non-hydrogen) atoms. The van der Waals surface area contributed by atoms with Gasteiger partial charge in [0.1, 0.15) is 17.1 Å². The number of para-hydroxylation sites is 1. The van der Waals surface area contributed by atoms with Gasteiger partial charge in [0.15, 0.2) is 5.65 Å². The number of hydrogen-bond acceptors (Lipinski definition) is 6. The minimum atomic E-state index is -0.483. The van der Waals surface area contributed by atoms with Crippen molar-refractivity contribution in [3.8, 4) is 5.75 Å². The van der Waals surface area contributed by atoms with Gasteiger partial charge in [0, 0.05) is 10.9 Å². The number of carbonyl (C=O) groups is 1. The number of nitrogens with one attached hydrogen (secondary N) is 2. The third kappa shape index (κ3) is 3.54. The number of amides is 1. The third-order valence-corrected chi connectivity index (χ3v) is 4.72. The molecule has 0 aliphatic rings. The number of carbonyl (C=O) groups excluding carboxylic acids is 1. The van der Waals surface area contributed by atoms with Gasteiger partial charge < -0.3 is 15.0 Å². The van der Waals surface area contributed by atoms with E-state index in [1.54, 1.807) is 19.2 Å². The Morgan fingerprint density at radius 3 is 2.93 bits per heavy atom. The lowest BCUT2D eigenvalue weighted by atomic mass is 10.2. The zero-order valence-electron chi connectivity index (χ0n) is 14.2. The maximum atomic E-state index is 13.6. The zero-order valence-corrected chi connectivity index (χ0v) is 15.0. The normalized spacial score (nSPS) is 11.0. The highest BCUT2D eigenvalue weighted by atomic mass is 32.2. The number of hydrogen-bond donors (Lipinski definition) is 2. The van der Waals surface area contributed by atoms with Crippen LogP contribution in [0.1, 0.15) is 0 Å². The van der Waals surface area contributed by atoms with E-state index >= 15 is 0 Å². The van der Waals surface area contributed by atoms with E-state index in [9.17, 15) is 9.18 Å². The second kappa shape index (κ2) is 7.20. The fraction of sp³-hybridized carbons (Fsp3) is 0.111. The zero-order chi connectivity index (χ0) is 18.8. The molecule has 7 nitrogen and oxygen atoms in total. The fourth-order valence-corrected chi connectivity index (χ4v) is 3.19. The van der Waals surface area contributed by atoms with Crippen molar-refractivity contribution in [2.45, 2.75) is 5.16 Å². The average Bonchev–Trinajstić information content (AvgIpc) is 3.05. The number of rotatable bonds is 5. The van der Waals surface area contributed by atoms with E-state index in [4.69, 9.17) is 4.74 Å². The summed E-state index contributed by atoms with van der Waals surface area (Å²) in [5, 5.41) is 12.0. The molecule has 0 unspecified atom stereocenters. The van der Waals surface area contributed by atoms with Gasteiger partial charge in [-0.1, -0.05) is 23.9 Å². The number of methoxy groups -OCH3 is 1. The van der Waals surface area contributed by atoms with Crippen molar-refractivity contribution in [1.82, 2.24) is 20.2 Å². The molecule has 0 saturated heterocycles. The smallest absolute Gasteiger partial charge is 0.234 e. The van der Waals surface area contributed by atoms with Crippen molar-refractivity contribution in [2.24, 2.45) is 0 Å². The molecule has 0 fully saturated rings. The molecule has 1 amide bonds. The molecule has 0 bridgehead atoms. The summed E-state index contributed by atoms with van der Waals surface area (Å²) in [4.78, 5) is 19.6. The predicted molar refractivity (Wildman–Crippen MR) is 101 cm³/mol. The Kier molecular flexibility index (Phi) is 4.59. The summed E-state index contributed by atoms with van der Waals surface area (Å²) >= 11 is 1.12. The Labute approximate surface area is 157 Å². The number of halogens is 1. The van der Waals surface area contributed by atoms with Crippen molar-refractivity contribution < 1.29 is 13.9 Å². The van der Waals surface area contributed by atoms with Crippen molar-refractivity contribution in [3.05, 3.63) is 48.3 Å². The van der Waals surface area contributed by atoms with Crippen LogP contribution in [0.5, 0.6) is 5.75 Å². The van der Waals surface area contributed by atoms with Crippen LogP contribution < -0.4 is 10.1 Å². The number of aromatic amines is 1. The van der Waals surface area contributed by atoms with Gasteiger partial charge >= 0.3 is 0 Å². The summed E-state index contributed by atoms with van der Waals surface area (Å²) in [5.41, 5.74) is 2.21. The number of H-pyrrole nitrogens is 1. The Morgan fingerprint density at radius 2 is 2.11 bits per heavy atom. The molecule has 0 saturated carbocycles. The van der Waals surface area contributed by atoms with Gasteiger partial charge in [-0.05, 0) is 30.3 Å². The summed E-state index contributed by atoms with van der Waals surface area (Å²) in [6.45, 7) is 0. The van der Waals surface area contributed by atoms with Crippen LogP contribution in [0.15, 0.2) is 47.6 Å². The summed E-state index contributed by atoms with van der Waals surface area (Å²) in [7, 11) is 1.60. The predicted octanol–water partition coefficient (Wildman–Crippen LogP) is 3.38. The van der Waals surface area contributed by atoms with Gasteiger partial charge in [-0.15, -0.1) is 10.2 Å². The lowest BCUT2D eigenvalue weighted by Crippen LogP contribution is -2.15. The van der Waals surface area contributed by atoms with E-state index < -0.39 is 5.82 Å². The largest absolute Gasteiger partial charge is 0.497 e. The standard InChI is InChI=1S/C18H14FN5O2S/c1-26-10-6-7-13-11(8-10)16-17(21-13)22-18(24-23-16)27-9-15(25)20-14-5-3-2-4-12(14)19/h2-8H,9H2,1H3,(H,20,25)(H,21,22,24).